The summed E-state index contributed by atoms with van der Waals surface area (Å²) in [6.07, 6.45) is 3.30. The van der Waals surface area contributed by atoms with Crippen LogP contribution in [0.3, 0.4) is 0 Å². The van der Waals surface area contributed by atoms with E-state index in [0.29, 0.717) is 11.4 Å². The highest BCUT2D eigenvalue weighted by Gasteiger charge is 2.21. The zero-order valence-electron chi connectivity index (χ0n) is 11.2. The van der Waals surface area contributed by atoms with Gasteiger partial charge in [-0.25, -0.2) is 8.42 Å². The molecule has 0 unspecified atom stereocenters. The van der Waals surface area contributed by atoms with E-state index >= 15 is 0 Å². The average molecular weight is 279 g/mol. The number of nitrogens with one attached hydrogen (secondary N) is 1. The molecule has 19 heavy (non-hydrogen) atoms. The topological polar surface area (TPSA) is 66.1 Å². The third-order valence-electron chi connectivity index (χ3n) is 3.15. The number of sulfonamides is 1. The van der Waals surface area contributed by atoms with E-state index in [-0.39, 0.29) is 0 Å². The first-order valence-corrected chi connectivity index (χ1v) is 7.36. The second-order valence-corrected chi connectivity index (χ2v) is 6.66. The van der Waals surface area contributed by atoms with Gasteiger partial charge in [0.05, 0.1) is 11.1 Å². The molecule has 6 heteroatoms. The molecule has 102 valence electrons. The third-order valence-corrected chi connectivity index (χ3v) is 4.95. The molecule has 0 atom stereocenters. The van der Waals surface area contributed by atoms with Gasteiger partial charge in [-0.3, -0.25) is 5.10 Å². The van der Waals surface area contributed by atoms with Gasteiger partial charge in [0.1, 0.15) is 0 Å². The summed E-state index contributed by atoms with van der Waals surface area (Å²) in [6, 6.07) is 5.17. The van der Waals surface area contributed by atoms with E-state index in [1.54, 1.807) is 31.6 Å². The molecule has 0 saturated carbocycles. The van der Waals surface area contributed by atoms with Crippen LogP contribution in [0.4, 0.5) is 0 Å². The minimum atomic E-state index is -3.46. The van der Waals surface area contributed by atoms with Gasteiger partial charge in [-0.1, -0.05) is 6.07 Å². The summed E-state index contributed by atoms with van der Waals surface area (Å²) < 4.78 is 26.2. The first-order valence-electron chi connectivity index (χ1n) is 5.92. The molecule has 1 heterocycles. The van der Waals surface area contributed by atoms with Crippen LogP contribution in [0, 0.1) is 13.8 Å². The highest BCUT2D eigenvalue weighted by molar-refractivity contribution is 7.89. The summed E-state index contributed by atoms with van der Waals surface area (Å²) >= 11 is 0. The van der Waals surface area contributed by atoms with Gasteiger partial charge in [-0.2, -0.15) is 9.40 Å². The smallest absolute Gasteiger partial charge is 0.243 e. The number of H-pyrrole nitrogens is 1. The number of benzene rings is 1. The molecule has 0 saturated heterocycles. The summed E-state index contributed by atoms with van der Waals surface area (Å²) in [7, 11) is -1.90. The first kappa shape index (κ1) is 13.8. The van der Waals surface area contributed by atoms with E-state index in [4.69, 9.17) is 0 Å². The molecule has 1 N–H and O–H groups in total. The lowest BCUT2D eigenvalue weighted by atomic mass is 10.1. The predicted molar refractivity (Wildman–Crippen MR) is 73.2 cm³/mol. The van der Waals surface area contributed by atoms with Crippen LogP contribution in [0.15, 0.2) is 35.5 Å². The highest BCUT2D eigenvalue weighted by Crippen LogP contribution is 2.19. The molecule has 0 spiro atoms. The first-order chi connectivity index (χ1) is 8.91. The van der Waals surface area contributed by atoms with Gasteiger partial charge in [0.25, 0.3) is 0 Å². The molecule has 5 nitrogen and oxygen atoms in total. The minimum absolute atomic E-state index is 0.297. The predicted octanol–water partition coefficient (Wildman–Crippen LogP) is 1.85. The van der Waals surface area contributed by atoms with Crippen LogP contribution >= 0.6 is 0 Å². The van der Waals surface area contributed by atoms with Gasteiger partial charge in [-0.05, 0) is 37.1 Å². The normalized spacial score (nSPS) is 12.0. The Bertz CT molecular complexity index is 663. The van der Waals surface area contributed by atoms with Crippen LogP contribution in [-0.4, -0.2) is 30.0 Å². The van der Waals surface area contributed by atoms with Crippen molar-refractivity contribution in [2.75, 3.05) is 7.05 Å². The van der Waals surface area contributed by atoms with E-state index in [0.717, 1.165) is 16.7 Å². The van der Waals surface area contributed by atoms with Crippen LogP contribution in [0.5, 0.6) is 0 Å². The third kappa shape index (κ3) is 2.85. The van der Waals surface area contributed by atoms with Gasteiger partial charge in [0.15, 0.2) is 0 Å². The fourth-order valence-electron chi connectivity index (χ4n) is 1.76. The standard InChI is InChI=1S/C13H17N3O2S/c1-10-4-5-13(6-11(10)2)19(17,18)16(3)9-12-7-14-15-8-12/h4-8H,9H2,1-3H3,(H,14,15). The molecule has 2 aromatic rings. The molecule has 1 aromatic heterocycles. The van der Waals surface area contributed by atoms with Crippen molar-refractivity contribution in [3.8, 4) is 0 Å². The van der Waals surface area contributed by atoms with Gasteiger partial charge in [-0.15, -0.1) is 0 Å². The van der Waals surface area contributed by atoms with Crippen molar-refractivity contribution in [1.82, 2.24) is 14.5 Å². The van der Waals surface area contributed by atoms with Gasteiger partial charge in [0, 0.05) is 25.4 Å². The van der Waals surface area contributed by atoms with Crippen molar-refractivity contribution in [2.24, 2.45) is 0 Å². The number of aryl methyl sites for hydroxylation is 2. The Morgan fingerprint density at radius 2 is 2.00 bits per heavy atom. The molecule has 0 aliphatic rings. The Kier molecular flexibility index (Phi) is 3.73. The fourth-order valence-corrected chi connectivity index (χ4v) is 3.01. The molecule has 0 amide bonds. The van der Waals surface area contributed by atoms with E-state index < -0.39 is 10.0 Å². The van der Waals surface area contributed by atoms with Crippen molar-refractivity contribution in [3.05, 3.63) is 47.3 Å². The molecular weight excluding hydrogens is 262 g/mol. The summed E-state index contributed by atoms with van der Waals surface area (Å²) in [5.41, 5.74) is 2.88. The van der Waals surface area contributed by atoms with E-state index in [1.165, 1.54) is 4.31 Å². The van der Waals surface area contributed by atoms with Gasteiger partial charge in [0.2, 0.25) is 10.0 Å². The molecule has 0 radical (unpaired) electrons. The van der Waals surface area contributed by atoms with Gasteiger partial charge >= 0.3 is 0 Å². The number of nitrogens with zero attached hydrogens (tertiary/aromatic N) is 2. The lowest BCUT2D eigenvalue weighted by Gasteiger charge is -2.17. The molecule has 0 fully saturated rings. The molecule has 1 aromatic carbocycles. The summed E-state index contributed by atoms with van der Waals surface area (Å²) in [5.74, 6) is 0. The zero-order valence-corrected chi connectivity index (χ0v) is 12.0. The monoisotopic (exact) mass is 279 g/mol. The zero-order chi connectivity index (χ0) is 14.0. The highest BCUT2D eigenvalue weighted by atomic mass is 32.2. The van der Waals surface area contributed by atoms with Crippen molar-refractivity contribution in [2.45, 2.75) is 25.3 Å². The van der Waals surface area contributed by atoms with Crippen LogP contribution in [0.1, 0.15) is 16.7 Å². The van der Waals surface area contributed by atoms with E-state index in [2.05, 4.69) is 10.2 Å². The lowest BCUT2D eigenvalue weighted by Crippen LogP contribution is -2.26. The van der Waals surface area contributed by atoms with Gasteiger partial charge < -0.3 is 0 Å². The molecule has 0 bridgehead atoms. The summed E-state index contributed by atoms with van der Waals surface area (Å²) in [4.78, 5) is 0.321. The maximum absolute atomic E-state index is 12.4. The number of hydrogen-bond acceptors (Lipinski definition) is 3. The second-order valence-electron chi connectivity index (χ2n) is 4.61. The number of rotatable bonds is 4. The number of hydrogen-bond donors (Lipinski definition) is 1. The second kappa shape index (κ2) is 5.14. The Morgan fingerprint density at radius 3 is 2.58 bits per heavy atom. The Labute approximate surface area is 113 Å². The van der Waals surface area contributed by atoms with Crippen molar-refractivity contribution >= 4 is 10.0 Å². The maximum Gasteiger partial charge on any atom is 0.243 e. The Balaban J connectivity index is 2.28. The van der Waals surface area contributed by atoms with Crippen molar-refractivity contribution in [3.63, 3.8) is 0 Å². The maximum atomic E-state index is 12.4. The molecular formula is C13H17N3O2S. The van der Waals surface area contributed by atoms with E-state index in [1.807, 2.05) is 19.9 Å². The lowest BCUT2D eigenvalue weighted by molar-refractivity contribution is 0.466. The van der Waals surface area contributed by atoms with Crippen LogP contribution in [-0.2, 0) is 16.6 Å². The Morgan fingerprint density at radius 1 is 1.26 bits per heavy atom. The molecule has 2 rings (SSSR count). The quantitative estimate of drug-likeness (QED) is 0.928. The number of aromatic amines is 1. The van der Waals surface area contributed by atoms with Crippen LogP contribution < -0.4 is 0 Å². The summed E-state index contributed by atoms with van der Waals surface area (Å²) in [6.45, 7) is 4.16. The van der Waals surface area contributed by atoms with Crippen LogP contribution in [0.25, 0.3) is 0 Å². The van der Waals surface area contributed by atoms with Crippen molar-refractivity contribution in [1.29, 1.82) is 0 Å². The number of aromatic nitrogens is 2. The fraction of sp³-hybridized carbons (Fsp3) is 0.308. The largest absolute Gasteiger partial charge is 0.285 e. The molecule has 0 aliphatic heterocycles. The van der Waals surface area contributed by atoms with E-state index in [9.17, 15) is 8.42 Å². The SMILES string of the molecule is Cc1ccc(S(=O)(=O)N(C)Cc2cn[nH]c2)cc1C. The minimum Gasteiger partial charge on any atom is -0.285 e. The molecule has 0 aliphatic carbocycles. The Hall–Kier alpha value is -1.66. The average Bonchev–Trinajstić information content (AvgIpc) is 2.85. The van der Waals surface area contributed by atoms with Crippen LogP contribution in [0.2, 0.25) is 0 Å². The summed E-state index contributed by atoms with van der Waals surface area (Å²) in [5, 5.41) is 6.48. The van der Waals surface area contributed by atoms with Crippen molar-refractivity contribution < 1.29 is 8.42 Å².